The lowest BCUT2D eigenvalue weighted by molar-refractivity contribution is -0.384. The minimum Gasteiger partial charge on any atom is -0.382 e. The summed E-state index contributed by atoms with van der Waals surface area (Å²) in [6.07, 6.45) is 1.18. The van der Waals surface area contributed by atoms with Crippen LogP contribution in [0.25, 0.3) is 0 Å². The number of benzene rings is 1. The van der Waals surface area contributed by atoms with Crippen molar-refractivity contribution in [3.63, 3.8) is 0 Å². The van der Waals surface area contributed by atoms with Gasteiger partial charge in [0.25, 0.3) is 5.69 Å². The highest BCUT2D eigenvalue weighted by Crippen LogP contribution is 2.35. The second kappa shape index (κ2) is 5.99. The fraction of sp³-hybridized carbons (Fsp3) is 0.455. The van der Waals surface area contributed by atoms with E-state index in [2.05, 4.69) is 5.32 Å². The molecule has 7 heteroatoms. The Balaban J connectivity index is 2.10. The molecular weight excluding hydrogens is 295 g/mol. The summed E-state index contributed by atoms with van der Waals surface area (Å²) in [4.78, 5) is 10.1. The van der Waals surface area contributed by atoms with E-state index >= 15 is 0 Å². The van der Waals surface area contributed by atoms with E-state index < -0.39 is 4.92 Å². The standard InChI is InChI=1S/C11H12Cl2N2O2S/c12-9-3-8(15(16)17)4-10(13)11(9)14-5-7-1-2-18-6-7/h3-4,7,14H,1-2,5-6H2. The van der Waals surface area contributed by atoms with Gasteiger partial charge in [0, 0.05) is 18.7 Å². The van der Waals surface area contributed by atoms with Crippen LogP contribution in [0.4, 0.5) is 11.4 Å². The summed E-state index contributed by atoms with van der Waals surface area (Å²) in [6.45, 7) is 0.796. The predicted molar refractivity (Wildman–Crippen MR) is 77.0 cm³/mol. The average Bonchev–Trinajstić information content (AvgIpc) is 2.80. The summed E-state index contributed by atoms with van der Waals surface area (Å²) < 4.78 is 0. The van der Waals surface area contributed by atoms with Gasteiger partial charge in [-0.1, -0.05) is 23.2 Å². The number of rotatable bonds is 4. The normalized spacial score (nSPS) is 18.9. The van der Waals surface area contributed by atoms with Crippen molar-refractivity contribution in [3.8, 4) is 0 Å². The SMILES string of the molecule is O=[N+]([O-])c1cc(Cl)c(NCC2CCSC2)c(Cl)c1. The van der Waals surface area contributed by atoms with Gasteiger partial charge in [-0.15, -0.1) is 0 Å². The predicted octanol–water partition coefficient (Wildman–Crippen LogP) is 4.07. The smallest absolute Gasteiger partial charge is 0.272 e. The molecule has 1 aliphatic rings. The largest absolute Gasteiger partial charge is 0.382 e. The minimum absolute atomic E-state index is 0.0908. The van der Waals surface area contributed by atoms with Crippen LogP contribution < -0.4 is 5.32 Å². The van der Waals surface area contributed by atoms with Crippen LogP contribution in [-0.2, 0) is 0 Å². The Morgan fingerprint density at radius 2 is 2.11 bits per heavy atom. The zero-order valence-electron chi connectivity index (χ0n) is 9.49. The van der Waals surface area contributed by atoms with Crippen LogP contribution in [0.3, 0.4) is 0 Å². The first-order chi connectivity index (χ1) is 8.58. The zero-order chi connectivity index (χ0) is 13.1. The lowest BCUT2D eigenvalue weighted by atomic mass is 10.1. The Labute approximate surface area is 119 Å². The number of thioether (sulfide) groups is 1. The molecule has 1 aromatic carbocycles. The summed E-state index contributed by atoms with van der Waals surface area (Å²) in [6, 6.07) is 2.64. The number of anilines is 1. The monoisotopic (exact) mass is 306 g/mol. The van der Waals surface area contributed by atoms with Crippen molar-refractivity contribution >= 4 is 46.3 Å². The van der Waals surface area contributed by atoms with Crippen LogP contribution in [0.5, 0.6) is 0 Å². The third-order valence-corrected chi connectivity index (χ3v) is 4.66. The molecule has 1 atom stereocenters. The Bertz CT molecular complexity index is 441. The topological polar surface area (TPSA) is 55.2 Å². The van der Waals surface area contributed by atoms with Crippen LogP contribution in [0.15, 0.2) is 12.1 Å². The molecule has 1 fully saturated rings. The third-order valence-electron chi connectivity index (χ3n) is 2.83. The van der Waals surface area contributed by atoms with Crippen LogP contribution in [0.1, 0.15) is 6.42 Å². The molecular formula is C11H12Cl2N2O2S. The molecule has 18 heavy (non-hydrogen) atoms. The molecule has 1 unspecified atom stereocenters. The molecule has 0 saturated carbocycles. The molecule has 0 spiro atoms. The number of nitrogens with one attached hydrogen (secondary N) is 1. The third kappa shape index (κ3) is 3.22. The van der Waals surface area contributed by atoms with Gasteiger partial charge >= 0.3 is 0 Å². The van der Waals surface area contributed by atoms with E-state index in [0.717, 1.165) is 12.3 Å². The van der Waals surface area contributed by atoms with Gasteiger partial charge in [-0.05, 0) is 23.8 Å². The lowest BCUT2D eigenvalue weighted by Crippen LogP contribution is -2.14. The average molecular weight is 307 g/mol. The number of nitrogens with zero attached hydrogens (tertiary/aromatic N) is 1. The van der Waals surface area contributed by atoms with E-state index in [1.807, 2.05) is 11.8 Å². The second-order valence-corrected chi connectivity index (χ2v) is 6.12. The van der Waals surface area contributed by atoms with Crippen molar-refractivity contribution in [2.45, 2.75) is 6.42 Å². The van der Waals surface area contributed by atoms with E-state index in [4.69, 9.17) is 23.2 Å². The molecule has 1 N–H and O–H groups in total. The lowest BCUT2D eigenvalue weighted by Gasteiger charge is -2.13. The first-order valence-corrected chi connectivity index (χ1v) is 7.44. The number of hydrogen-bond acceptors (Lipinski definition) is 4. The van der Waals surface area contributed by atoms with E-state index in [1.165, 1.54) is 24.3 Å². The summed E-state index contributed by atoms with van der Waals surface area (Å²) >= 11 is 14.0. The van der Waals surface area contributed by atoms with Crippen molar-refractivity contribution in [1.82, 2.24) is 0 Å². The van der Waals surface area contributed by atoms with Crippen LogP contribution in [0.2, 0.25) is 10.0 Å². The Morgan fingerprint density at radius 1 is 1.44 bits per heavy atom. The van der Waals surface area contributed by atoms with E-state index in [0.29, 0.717) is 21.7 Å². The molecule has 0 aliphatic carbocycles. The Morgan fingerprint density at radius 3 is 2.61 bits per heavy atom. The molecule has 1 aromatic rings. The molecule has 1 aliphatic heterocycles. The first kappa shape index (κ1) is 13.8. The summed E-state index contributed by atoms with van der Waals surface area (Å²) in [7, 11) is 0. The van der Waals surface area contributed by atoms with Crippen molar-refractivity contribution in [2.24, 2.45) is 5.92 Å². The molecule has 2 rings (SSSR count). The maximum atomic E-state index is 10.6. The zero-order valence-corrected chi connectivity index (χ0v) is 11.8. The summed E-state index contributed by atoms with van der Waals surface area (Å²) in [5, 5.41) is 14.4. The molecule has 4 nitrogen and oxygen atoms in total. The summed E-state index contributed by atoms with van der Waals surface area (Å²) in [5.74, 6) is 2.93. The number of non-ortho nitro benzene ring substituents is 1. The fourth-order valence-corrected chi connectivity index (χ4v) is 3.72. The first-order valence-electron chi connectivity index (χ1n) is 5.53. The van der Waals surface area contributed by atoms with E-state index in [-0.39, 0.29) is 5.69 Å². The van der Waals surface area contributed by atoms with Crippen molar-refractivity contribution in [3.05, 3.63) is 32.3 Å². The molecule has 0 amide bonds. The molecule has 0 bridgehead atoms. The maximum absolute atomic E-state index is 10.6. The Hall–Kier alpha value is -0.650. The molecule has 98 valence electrons. The fourth-order valence-electron chi connectivity index (χ4n) is 1.82. The van der Waals surface area contributed by atoms with Gasteiger partial charge in [0.1, 0.15) is 0 Å². The number of nitro groups is 1. The van der Waals surface area contributed by atoms with Gasteiger partial charge in [0.2, 0.25) is 0 Å². The van der Waals surface area contributed by atoms with E-state index in [9.17, 15) is 10.1 Å². The minimum atomic E-state index is -0.505. The highest BCUT2D eigenvalue weighted by Gasteiger charge is 2.18. The molecule has 0 radical (unpaired) electrons. The highest BCUT2D eigenvalue weighted by molar-refractivity contribution is 7.99. The number of hydrogen-bond donors (Lipinski definition) is 1. The van der Waals surface area contributed by atoms with Crippen LogP contribution in [0, 0.1) is 16.0 Å². The number of nitro benzene ring substituents is 1. The van der Waals surface area contributed by atoms with Gasteiger partial charge < -0.3 is 5.32 Å². The van der Waals surface area contributed by atoms with Crippen molar-refractivity contribution < 1.29 is 4.92 Å². The van der Waals surface area contributed by atoms with Gasteiger partial charge in [0.05, 0.1) is 20.7 Å². The van der Waals surface area contributed by atoms with Gasteiger partial charge in [-0.25, -0.2) is 0 Å². The maximum Gasteiger partial charge on any atom is 0.272 e. The van der Waals surface area contributed by atoms with Gasteiger partial charge in [-0.2, -0.15) is 11.8 Å². The highest BCUT2D eigenvalue weighted by atomic mass is 35.5. The second-order valence-electron chi connectivity index (χ2n) is 4.15. The van der Waals surface area contributed by atoms with Crippen LogP contribution in [-0.4, -0.2) is 23.0 Å². The van der Waals surface area contributed by atoms with Gasteiger partial charge in [0.15, 0.2) is 0 Å². The number of halogens is 2. The van der Waals surface area contributed by atoms with E-state index in [1.54, 1.807) is 0 Å². The molecule has 1 saturated heterocycles. The quantitative estimate of drug-likeness (QED) is 0.673. The molecule has 0 aromatic heterocycles. The van der Waals surface area contributed by atoms with Gasteiger partial charge in [-0.3, -0.25) is 10.1 Å². The van der Waals surface area contributed by atoms with Crippen molar-refractivity contribution in [2.75, 3.05) is 23.4 Å². The van der Waals surface area contributed by atoms with Crippen molar-refractivity contribution in [1.29, 1.82) is 0 Å². The molecule has 1 heterocycles. The van der Waals surface area contributed by atoms with Crippen LogP contribution >= 0.6 is 35.0 Å². The Kier molecular flexibility index (Phi) is 4.59. The summed E-state index contributed by atoms with van der Waals surface area (Å²) in [5.41, 5.74) is 0.493.